The molecular formula is C14H18F2N2O2. The highest BCUT2D eigenvalue weighted by Gasteiger charge is 2.43. The molecule has 0 spiro atoms. The molecule has 1 aliphatic rings. The zero-order chi connectivity index (χ0) is 14.8. The standard InChI is InChI=1S/C14H18F2N2O2/c1-18(11-4-2-3-9-17-11)12(19)10-13(20)5-7-14(15,16)8-6-13/h2-4,9,20H,5-8,10H2,1H3. The van der Waals surface area contributed by atoms with E-state index in [2.05, 4.69) is 4.98 Å². The Morgan fingerprint density at radius 3 is 2.55 bits per heavy atom. The first-order valence-corrected chi connectivity index (χ1v) is 6.59. The van der Waals surface area contributed by atoms with Crippen LogP contribution in [0, 0.1) is 0 Å². The van der Waals surface area contributed by atoms with Crippen molar-refractivity contribution in [2.24, 2.45) is 0 Å². The number of hydrogen-bond acceptors (Lipinski definition) is 3. The molecule has 1 saturated carbocycles. The zero-order valence-electron chi connectivity index (χ0n) is 11.4. The fraction of sp³-hybridized carbons (Fsp3) is 0.571. The minimum atomic E-state index is -2.72. The third kappa shape index (κ3) is 3.50. The lowest BCUT2D eigenvalue weighted by atomic mass is 9.80. The molecule has 4 nitrogen and oxygen atoms in total. The molecule has 0 aromatic carbocycles. The van der Waals surface area contributed by atoms with Crippen LogP contribution in [-0.4, -0.2) is 34.6 Å². The second kappa shape index (κ2) is 5.44. The maximum absolute atomic E-state index is 13.1. The summed E-state index contributed by atoms with van der Waals surface area (Å²) in [4.78, 5) is 17.5. The van der Waals surface area contributed by atoms with Gasteiger partial charge < -0.3 is 5.11 Å². The molecular weight excluding hydrogens is 266 g/mol. The van der Waals surface area contributed by atoms with Crippen molar-refractivity contribution in [2.45, 2.75) is 43.6 Å². The molecule has 0 saturated heterocycles. The van der Waals surface area contributed by atoms with Gasteiger partial charge in [-0.05, 0) is 25.0 Å². The van der Waals surface area contributed by atoms with Gasteiger partial charge in [-0.2, -0.15) is 0 Å². The number of aromatic nitrogens is 1. The molecule has 0 atom stereocenters. The van der Waals surface area contributed by atoms with E-state index in [0.717, 1.165) is 0 Å². The maximum Gasteiger partial charge on any atom is 0.248 e. The van der Waals surface area contributed by atoms with E-state index in [4.69, 9.17) is 0 Å². The van der Waals surface area contributed by atoms with Crippen LogP contribution >= 0.6 is 0 Å². The Morgan fingerprint density at radius 1 is 1.35 bits per heavy atom. The molecule has 0 radical (unpaired) electrons. The van der Waals surface area contributed by atoms with Crippen molar-refractivity contribution in [3.8, 4) is 0 Å². The molecule has 1 aromatic heterocycles. The highest BCUT2D eigenvalue weighted by Crippen LogP contribution is 2.40. The number of alkyl halides is 2. The van der Waals surface area contributed by atoms with Crippen LogP contribution in [-0.2, 0) is 4.79 Å². The van der Waals surface area contributed by atoms with Crippen molar-refractivity contribution in [2.75, 3.05) is 11.9 Å². The number of rotatable bonds is 3. The summed E-state index contributed by atoms with van der Waals surface area (Å²) in [6.45, 7) is 0. The predicted molar refractivity (Wildman–Crippen MR) is 70.6 cm³/mol. The Hall–Kier alpha value is -1.56. The lowest BCUT2D eigenvalue weighted by molar-refractivity contribution is -0.133. The van der Waals surface area contributed by atoms with Crippen LogP contribution in [0.5, 0.6) is 0 Å². The van der Waals surface area contributed by atoms with Gasteiger partial charge in [0.1, 0.15) is 5.82 Å². The molecule has 110 valence electrons. The molecule has 1 heterocycles. The predicted octanol–water partition coefficient (Wildman–Crippen LogP) is 2.37. The summed E-state index contributed by atoms with van der Waals surface area (Å²) >= 11 is 0. The van der Waals surface area contributed by atoms with Crippen LogP contribution in [0.25, 0.3) is 0 Å². The van der Waals surface area contributed by atoms with Crippen LogP contribution in [0.1, 0.15) is 32.1 Å². The number of pyridine rings is 1. The number of amides is 1. The van der Waals surface area contributed by atoms with E-state index in [1.54, 1.807) is 31.4 Å². The van der Waals surface area contributed by atoms with Gasteiger partial charge in [-0.3, -0.25) is 9.69 Å². The van der Waals surface area contributed by atoms with Gasteiger partial charge in [0, 0.05) is 26.1 Å². The van der Waals surface area contributed by atoms with E-state index >= 15 is 0 Å². The summed E-state index contributed by atoms with van der Waals surface area (Å²) < 4.78 is 26.2. The topological polar surface area (TPSA) is 53.4 Å². The highest BCUT2D eigenvalue weighted by atomic mass is 19.3. The molecule has 20 heavy (non-hydrogen) atoms. The quantitative estimate of drug-likeness (QED) is 0.927. The molecule has 1 fully saturated rings. The molecule has 0 aliphatic heterocycles. The Labute approximate surface area is 116 Å². The first kappa shape index (κ1) is 14.8. The monoisotopic (exact) mass is 284 g/mol. The molecule has 0 bridgehead atoms. The lowest BCUT2D eigenvalue weighted by Gasteiger charge is -2.36. The smallest absolute Gasteiger partial charge is 0.248 e. The summed E-state index contributed by atoms with van der Waals surface area (Å²) in [5.74, 6) is -2.57. The van der Waals surface area contributed by atoms with Crippen LogP contribution in [0.15, 0.2) is 24.4 Å². The first-order valence-electron chi connectivity index (χ1n) is 6.59. The van der Waals surface area contributed by atoms with Crippen LogP contribution in [0.2, 0.25) is 0 Å². The summed E-state index contributed by atoms with van der Waals surface area (Å²) in [5.41, 5.74) is -1.33. The van der Waals surface area contributed by atoms with Crippen molar-refractivity contribution >= 4 is 11.7 Å². The summed E-state index contributed by atoms with van der Waals surface area (Å²) in [5, 5.41) is 10.3. The van der Waals surface area contributed by atoms with E-state index in [1.165, 1.54) is 4.90 Å². The third-order valence-corrected chi connectivity index (χ3v) is 3.76. The van der Waals surface area contributed by atoms with E-state index in [-0.39, 0.29) is 38.0 Å². The van der Waals surface area contributed by atoms with Gasteiger partial charge in [-0.25, -0.2) is 13.8 Å². The Morgan fingerprint density at radius 2 is 2.00 bits per heavy atom. The molecule has 6 heteroatoms. The molecule has 1 amide bonds. The summed E-state index contributed by atoms with van der Waals surface area (Å²) in [6, 6.07) is 5.16. The first-order chi connectivity index (χ1) is 9.31. The largest absolute Gasteiger partial charge is 0.389 e. The van der Waals surface area contributed by atoms with Gasteiger partial charge in [-0.15, -0.1) is 0 Å². The average Bonchev–Trinajstić information content (AvgIpc) is 2.43. The summed E-state index contributed by atoms with van der Waals surface area (Å²) in [6.07, 6.45) is 0.558. The molecule has 2 rings (SSSR count). The number of nitrogens with zero attached hydrogens (tertiary/aromatic N) is 2. The van der Waals surface area contributed by atoms with Gasteiger partial charge in [-0.1, -0.05) is 6.07 Å². The fourth-order valence-electron chi connectivity index (χ4n) is 2.34. The van der Waals surface area contributed by atoms with Crippen molar-refractivity contribution in [1.82, 2.24) is 4.98 Å². The second-order valence-electron chi connectivity index (χ2n) is 5.40. The van der Waals surface area contributed by atoms with Crippen molar-refractivity contribution in [3.63, 3.8) is 0 Å². The van der Waals surface area contributed by atoms with Crippen LogP contribution < -0.4 is 4.90 Å². The number of hydrogen-bond donors (Lipinski definition) is 1. The van der Waals surface area contributed by atoms with E-state index in [9.17, 15) is 18.7 Å². The minimum Gasteiger partial charge on any atom is -0.389 e. The Kier molecular flexibility index (Phi) is 4.04. The van der Waals surface area contributed by atoms with Crippen molar-refractivity contribution in [1.29, 1.82) is 0 Å². The SMILES string of the molecule is CN(C(=O)CC1(O)CCC(F)(F)CC1)c1ccccn1. The maximum atomic E-state index is 13.1. The molecule has 1 N–H and O–H groups in total. The van der Waals surface area contributed by atoms with Gasteiger partial charge in [0.15, 0.2) is 0 Å². The number of anilines is 1. The van der Waals surface area contributed by atoms with Gasteiger partial charge in [0.05, 0.1) is 12.0 Å². The number of halogens is 2. The van der Waals surface area contributed by atoms with E-state index < -0.39 is 11.5 Å². The van der Waals surface area contributed by atoms with Crippen molar-refractivity contribution in [3.05, 3.63) is 24.4 Å². The number of carbonyl (C=O) groups is 1. The Bertz CT molecular complexity index is 469. The fourth-order valence-corrected chi connectivity index (χ4v) is 2.34. The van der Waals surface area contributed by atoms with Crippen LogP contribution in [0.3, 0.4) is 0 Å². The van der Waals surface area contributed by atoms with Gasteiger partial charge in [0.25, 0.3) is 0 Å². The lowest BCUT2D eigenvalue weighted by Crippen LogP contribution is -2.43. The zero-order valence-corrected chi connectivity index (χ0v) is 11.4. The number of carbonyl (C=O) groups excluding carboxylic acids is 1. The Balaban J connectivity index is 1.98. The second-order valence-corrected chi connectivity index (χ2v) is 5.40. The summed E-state index contributed by atoms with van der Waals surface area (Å²) in [7, 11) is 1.56. The minimum absolute atomic E-state index is 0.0538. The molecule has 1 aromatic rings. The van der Waals surface area contributed by atoms with E-state index in [0.29, 0.717) is 5.82 Å². The van der Waals surface area contributed by atoms with Gasteiger partial charge >= 0.3 is 0 Å². The van der Waals surface area contributed by atoms with Crippen molar-refractivity contribution < 1.29 is 18.7 Å². The van der Waals surface area contributed by atoms with Gasteiger partial charge in [0.2, 0.25) is 11.8 Å². The molecule has 0 unspecified atom stereocenters. The average molecular weight is 284 g/mol. The highest BCUT2D eigenvalue weighted by molar-refractivity contribution is 5.92. The number of aliphatic hydroxyl groups is 1. The van der Waals surface area contributed by atoms with Crippen LogP contribution in [0.4, 0.5) is 14.6 Å². The normalized spacial score (nSPS) is 20.4. The third-order valence-electron chi connectivity index (χ3n) is 3.76. The molecule has 1 aliphatic carbocycles. The van der Waals surface area contributed by atoms with E-state index in [1.807, 2.05) is 0 Å².